The van der Waals surface area contributed by atoms with Crippen molar-refractivity contribution in [3.8, 4) is 22.8 Å². The molecule has 3 aromatic carbocycles. The van der Waals surface area contributed by atoms with Gasteiger partial charge in [-0.2, -0.15) is 0 Å². The number of nitrogens with zero attached hydrogens (tertiary/aromatic N) is 2. The smallest absolute Gasteiger partial charge is 0.259 e. The number of para-hydroxylation sites is 2. The van der Waals surface area contributed by atoms with Crippen LogP contribution >= 0.6 is 0 Å². The molecule has 5 aromatic rings. The summed E-state index contributed by atoms with van der Waals surface area (Å²) in [6, 6.07) is 16.4. The van der Waals surface area contributed by atoms with Crippen LogP contribution in [0.4, 0.5) is 0 Å². The van der Waals surface area contributed by atoms with Gasteiger partial charge in [0.2, 0.25) is 6.79 Å². The predicted molar refractivity (Wildman–Crippen MR) is 132 cm³/mol. The lowest BCUT2D eigenvalue weighted by Crippen LogP contribution is -2.28. The van der Waals surface area contributed by atoms with Gasteiger partial charge in [-0.3, -0.25) is 4.79 Å². The summed E-state index contributed by atoms with van der Waals surface area (Å²) in [7, 11) is 0. The SMILES string of the molecule is Cc1ccc2c(Cc3nc4ccccc4[nH]3)c3n(c(=O)c2c1C)CCc1cc2c(cc1-3)OCO2. The molecule has 0 bridgehead atoms. The highest BCUT2D eigenvalue weighted by molar-refractivity contribution is 5.94. The van der Waals surface area contributed by atoms with E-state index in [0.29, 0.717) is 13.0 Å². The summed E-state index contributed by atoms with van der Waals surface area (Å²) in [6.07, 6.45) is 1.37. The first-order valence-corrected chi connectivity index (χ1v) is 11.6. The first kappa shape index (κ1) is 19.4. The highest BCUT2D eigenvalue weighted by Gasteiger charge is 2.28. The molecule has 0 amide bonds. The minimum atomic E-state index is 0.0721. The van der Waals surface area contributed by atoms with Gasteiger partial charge >= 0.3 is 0 Å². The van der Waals surface area contributed by atoms with Crippen LogP contribution in [0.2, 0.25) is 0 Å². The Labute approximate surface area is 195 Å². The first-order chi connectivity index (χ1) is 16.6. The van der Waals surface area contributed by atoms with Crippen molar-refractivity contribution in [3.05, 3.63) is 87.0 Å². The molecule has 6 nitrogen and oxygen atoms in total. The van der Waals surface area contributed by atoms with Gasteiger partial charge in [-0.25, -0.2) is 4.98 Å². The van der Waals surface area contributed by atoms with Crippen LogP contribution in [-0.4, -0.2) is 21.3 Å². The highest BCUT2D eigenvalue weighted by Crippen LogP contribution is 2.43. The lowest BCUT2D eigenvalue weighted by atomic mass is 9.88. The number of pyridine rings is 1. The van der Waals surface area contributed by atoms with E-state index in [9.17, 15) is 4.79 Å². The summed E-state index contributed by atoms with van der Waals surface area (Å²) in [6.45, 7) is 4.98. The van der Waals surface area contributed by atoms with Crippen LogP contribution in [0.1, 0.15) is 28.1 Å². The molecule has 7 rings (SSSR count). The molecule has 2 aromatic heterocycles. The van der Waals surface area contributed by atoms with Gasteiger partial charge in [0, 0.05) is 18.5 Å². The van der Waals surface area contributed by atoms with E-state index in [0.717, 1.165) is 73.5 Å². The molecule has 0 atom stereocenters. The number of hydrogen-bond acceptors (Lipinski definition) is 4. The van der Waals surface area contributed by atoms with Gasteiger partial charge in [0.05, 0.1) is 22.1 Å². The van der Waals surface area contributed by atoms with Crippen LogP contribution in [0.3, 0.4) is 0 Å². The Hall–Kier alpha value is -4.06. The van der Waals surface area contributed by atoms with Gasteiger partial charge in [-0.05, 0) is 72.2 Å². The van der Waals surface area contributed by atoms with Gasteiger partial charge in [0.15, 0.2) is 11.5 Å². The topological polar surface area (TPSA) is 69.1 Å². The van der Waals surface area contributed by atoms with E-state index in [4.69, 9.17) is 14.5 Å². The molecule has 0 radical (unpaired) electrons. The van der Waals surface area contributed by atoms with Crippen molar-refractivity contribution in [3.63, 3.8) is 0 Å². The van der Waals surface area contributed by atoms with E-state index < -0.39 is 0 Å². The Bertz CT molecular complexity index is 1680. The van der Waals surface area contributed by atoms with Gasteiger partial charge in [0.1, 0.15) is 5.82 Å². The van der Waals surface area contributed by atoms with E-state index in [2.05, 4.69) is 30.1 Å². The number of fused-ring (bicyclic) bond motifs is 6. The summed E-state index contributed by atoms with van der Waals surface area (Å²) in [5.74, 6) is 2.39. The largest absolute Gasteiger partial charge is 0.454 e. The van der Waals surface area contributed by atoms with E-state index in [-0.39, 0.29) is 12.4 Å². The van der Waals surface area contributed by atoms with Gasteiger partial charge in [-0.15, -0.1) is 0 Å². The lowest BCUT2D eigenvalue weighted by Gasteiger charge is -2.26. The van der Waals surface area contributed by atoms with Crippen LogP contribution in [-0.2, 0) is 19.4 Å². The second kappa shape index (κ2) is 6.97. The van der Waals surface area contributed by atoms with Crippen molar-refractivity contribution < 1.29 is 9.47 Å². The Morgan fingerprint density at radius 1 is 1.06 bits per heavy atom. The molecule has 1 N–H and O–H groups in total. The number of H-pyrrole nitrogens is 1. The molecule has 34 heavy (non-hydrogen) atoms. The van der Waals surface area contributed by atoms with Crippen molar-refractivity contribution in [1.29, 1.82) is 0 Å². The lowest BCUT2D eigenvalue weighted by molar-refractivity contribution is 0.174. The maximum absolute atomic E-state index is 13.8. The molecule has 2 aliphatic rings. The number of aromatic amines is 1. The average Bonchev–Trinajstić information content (AvgIpc) is 3.47. The first-order valence-electron chi connectivity index (χ1n) is 11.6. The van der Waals surface area contributed by atoms with Crippen molar-refractivity contribution in [2.75, 3.05) is 6.79 Å². The molecular weight excluding hydrogens is 426 g/mol. The Balaban J connectivity index is 1.55. The number of hydrogen-bond donors (Lipinski definition) is 1. The van der Waals surface area contributed by atoms with Gasteiger partial charge < -0.3 is 19.0 Å². The normalized spacial score (nSPS) is 13.9. The third-order valence-corrected chi connectivity index (χ3v) is 7.32. The number of aromatic nitrogens is 3. The second-order valence-electron chi connectivity index (χ2n) is 9.20. The summed E-state index contributed by atoms with van der Waals surface area (Å²) in [4.78, 5) is 22.1. The second-order valence-corrected chi connectivity index (χ2v) is 9.20. The van der Waals surface area contributed by atoms with Crippen LogP contribution in [0.15, 0.2) is 53.3 Å². The summed E-state index contributed by atoms with van der Waals surface area (Å²) < 4.78 is 13.3. The minimum Gasteiger partial charge on any atom is -0.454 e. The molecule has 4 heterocycles. The number of nitrogens with one attached hydrogen (secondary N) is 1. The van der Waals surface area contributed by atoms with Crippen molar-refractivity contribution in [2.45, 2.75) is 33.2 Å². The summed E-state index contributed by atoms with van der Waals surface area (Å²) in [5.41, 5.74) is 8.48. The molecule has 6 heteroatoms. The van der Waals surface area contributed by atoms with Crippen molar-refractivity contribution in [2.24, 2.45) is 0 Å². The van der Waals surface area contributed by atoms with Crippen molar-refractivity contribution in [1.82, 2.24) is 14.5 Å². The van der Waals surface area contributed by atoms with E-state index in [1.165, 1.54) is 5.56 Å². The molecule has 0 spiro atoms. The maximum Gasteiger partial charge on any atom is 0.259 e. The van der Waals surface area contributed by atoms with Crippen LogP contribution in [0.25, 0.3) is 33.1 Å². The molecule has 0 fully saturated rings. The zero-order chi connectivity index (χ0) is 23.0. The third kappa shape index (κ3) is 2.68. The molecule has 168 valence electrons. The third-order valence-electron chi connectivity index (χ3n) is 7.32. The molecular formula is C28H23N3O3. The van der Waals surface area contributed by atoms with Crippen LogP contribution < -0.4 is 15.0 Å². The van der Waals surface area contributed by atoms with E-state index >= 15 is 0 Å². The Morgan fingerprint density at radius 3 is 2.74 bits per heavy atom. The maximum atomic E-state index is 13.8. The standard InChI is InChI=1S/C28H23N3O3/c1-15-7-8-18-20(13-25-29-21-5-3-4-6-22(21)30-25)27-19-12-24-23(33-14-34-24)11-17(19)9-10-31(27)28(32)26(18)16(15)2/h3-8,11-12H,9-10,13-14H2,1-2H3,(H,29,30). The predicted octanol–water partition coefficient (Wildman–Crippen LogP) is 5.04. The monoisotopic (exact) mass is 449 g/mol. The van der Waals surface area contributed by atoms with Gasteiger partial charge in [-0.1, -0.05) is 24.3 Å². The fourth-order valence-electron chi connectivity index (χ4n) is 5.47. The van der Waals surface area contributed by atoms with E-state index in [1.807, 2.05) is 41.8 Å². The minimum absolute atomic E-state index is 0.0721. The van der Waals surface area contributed by atoms with E-state index in [1.54, 1.807) is 0 Å². The van der Waals surface area contributed by atoms with Gasteiger partial charge in [0.25, 0.3) is 5.56 Å². The molecule has 0 saturated heterocycles. The zero-order valence-electron chi connectivity index (χ0n) is 19.1. The van der Waals surface area contributed by atoms with Crippen molar-refractivity contribution >= 4 is 21.8 Å². The fraction of sp³-hybridized carbons (Fsp3) is 0.214. The highest BCUT2D eigenvalue weighted by atomic mass is 16.7. The molecule has 2 aliphatic heterocycles. The number of aryl methyl sites for hydroxylation is 3. The number of rotatable bonds is 2. The fourth-order valence-corrected chi connectivity index (χ4v) is 5.47. The summed E-state index contributed by atoms with van der Waals surface area (Å²) in [5, 5.41) is 1.80. The quantitative estimate of drug-likeness (QED) is 0.410. The number of imidazole rings is 1. The zero-order valence-corrected chi connectivity index (χ0v) is 19.1. The molecule has 0 aliphatic carbocycles. The number of benzene rings is 3. The Morgan fingerprint density at radius 2 is 1.88 bits per heavy atom. The summed E-state index contributed by atoms with van der Waals surface area (Å²) >= 11 is 0. The molecule has 0 unspecified atom stereocenters. The Kier molecular flexibility index (Phi) is 3.98. The van der Waals surface area contributed by atoms with Crippen LogP contribution in [0, 0.1) is 13.8 Å². The van der Waals surface area contributed by atoms with Crippen LogP contribution in [0.5, 0.6) is 11.5 Å². The number of ether oxygens (including phenoxy) is 2. The average molecular weight is 450 g/mol. The molecule has 0 saturated carbocycles.